The van der Waals surface area contributed by atoms with Crippen LogP contribution in [0.1, 0.15) is 63.0 Å². The van der Waals surface area contributed by atoms with Crippen molar-refractivity contribution in [1.82, 2.24) is 0 Å². The Hall–Kier alpha value is -0.820. The van der Waals surface area contributed by atoms with Gasteiger partial charge in [-0.25, -0.2) is 0 Å². The van der Waals surface area contributed by atoms with Crippen LogP contribution >= 0.6 is 0 Å². The molecule has 1 aliphatic carbocycles. The van der Waals surface area contributed by atoms with Crippen LogP contribution in [-0.4, -0.2) is 11.2 Å². The normalized spacial score (nSPS) is 20.8. The van der Waals surface area contributed by atoms with E-state index in [0.29, 0.717) is 5.92 Å². The highest BCUT2D eigenvalue weighted by Crippen LogP contribution is 2.35. The van der Waals surface area contributed by atoms with E-state index in [0.717, 1.165) is 25.2 Å². The third-order valence-corrected chi connectivity index (χ3v) is 4.16. The minimum absolute atomic E-state index is 0.148. The number of rotatable bonds is 5. The molecule has 1 heteroatoms. The Balaban J connectivity index is 1.97. The maximum Gasteiger partial charge on any atom is 0.0608 e. The van der Waals surface area contributed by atoms with Gasteiger partial charge in [-0.15, -0.1) is 0 Å². The summed E-state index contributed by atoms with van der Waals surface area (Å²) in [4.78, 5) is 0. The van der Waals surface area contributed by atoms with Gasteiger partial charge in [-0.2, -0.15) is 0 Å². The zero-order valence-corrected chi connectivity index (χ0v) is 11.7. The van der Waals surface area contributed by atoms with E-state index < -0.39 is 0 Å². The van der Waals surface area contributed by atoms with E-state index in [-0.39, 0.29) is 6.10 Å². The fourth-order valence-electron chi connectivity index (χ4n) is 3.13. The average Bonchev–Trinajstić information content (AvgIpc) is 2.37. The molecule has 2 unspecified atom stereocenters. The van der Waals surface area contributed by atoms with E-state index in [2.05, 4.69) is 38.1 Å². The Morgan fingerprint density at radius 3 is 2.78 bits per heavy atom. The van der Waals surface area contributed by atoms with Crippen LogP contribution in [0.5, 0.6) is 0 Å². The molecule has 1 nitrogen and oxygen atoms in total. The Kier molecular flexibility index (Phi) is 4.82. The van der Waals surface area contributed by atoms with Crippen LogP contribution in [0, 0.1) is 5.92 Å². The molecule has 100 valence electrons. The van der Waals surface area contributed by atoms with Crippen molar-refractivity contribution in [2.75, 3.05) is 0 Å². The molecule has 2 atom stereocenters. The largest absolute Gasteiger partial charge is 0.392 e. The summed E-state index contributed by atoms with van der Waals surface area (Å²) in [5, 5.41) is 10.4. The fourth-order valence-corrected chi connectivity index (χ4v) is 3.13. The summed E-state index contributed by atoms with van der Waals surface area (Å²) >= 11 is 0. The number of fused-ring (bicyclic) bond motifs is 1. The highest BCUT2D eigenvalue weighted by molar-refractivity contribution is 5.33. The summed E-state index contributed by atoms with van der Waals surface area (Å²) in [6.45, 7) is 4.50. The van der Waals surface area contributed by atoms with Gasteiger partial charge in [0.25, 0.3) is 0 Å². The van der Waals surface area contributed by atoms with Crippen LogP contribution in [0.4, 0.5) is 0 Å². The van der Waals surface area contributed by atoms with E-state index in [4.69, 9.17) is 0 Å². The summed E-state index contributed by atoms with van der Waals surface area (Å²) in [5.74, 6) is 1.12. The molecule has 1 N–H and O–H groups in total. The molecule has 1 aliphatic rings. The first-order chi connectivity index (χ1) is 8.68. The van der Waals surface area contributed by atoms with Crippen LogP contribution in [0.2, 0.25) is 0 Å². The molecule has 0 bridgehead atoms. The summed E-state index contributed by atoms with van der Waals surface area (Å²) in [5.41, 5.74) is 2.86. The number of hydrogen-bond acceptors (Lipinski definition) is 1. The minimum Gasteiger partial charge on any atom is -0.392 e. The van der Waals surface area contributed by atoms with E-state index in [9.17, 15) is 5.11 Å². The van der Waals surface area contributed by atoms with Gasteiger partial charge in [0.1, 0.15) is 0 Å². The minimum atomic E-state index is -0.148. The zero-order valence-electron chi connectivity index (χ0n) is 11.7. The van der Waals surface area contributed by atoms with Gasteiger partial charge in [-0.1, -0.05) is 51.0 Å². The molecule has 0 saturated carbocycles. The van der Waals surface area contributed by atoms with Crippen molar-refractivity contribution in [3.05, 3.63) is 35.4 Å². The molecule has 0 amide bonds. The predicted octanol–water partition coefficient (Wildman–Crippen LogP) is 4.29. The van der Waals surface area contributed by atoms with Gasteiger partial charge in [0.2, 0.25) is 0 Å². The van der Waals surface area contributed by atoms with E-state index in [1.165, 1.54) is 30.4 Å². The van der Waals surface area contributed by atoms with Crippen molar-refractivity contribution in [2.24, 2.45) is 5.92 Å². The van der Waals surface area contributed by atoms with E-state index in [1.807, 2.05) is 0 Å². The average molecular weight is 246 g/mol. The standard InChI is InChI=1S/C17H26O/c1-13(2)7-5-12-17(18)16-11-6-9-14-8-3-4-10-15(14)16/h3-4,8,10,13,16-18H,5-7,9,11-12H2,1-2H3. The number of aryl methyl sites for hydroxylation is 1. The number of hydrogen-bond donors (Lipinski definition) is 1. The SMILES string of the molecule is CC(C)CCCC(O)C1CCCc2ccccc21. The third-order valence-electron chi connectivity index (χ3n) is 4.16. The van der Waals surface area contributed by atoms with Crippen LogP contribution in [0.15, 0.2) is 24.3 Å². The lowest BCUT2D eigenvalue weighted by Crippen LogP contribution is -2.23. The van der Waals surface area contributed by atoms with Gasteiger partial charge in [0.15, 0.2) is 0 Å². The number of benzene rings is 1. The molecule has 0 heterocycles. The third kappa shape index (κ3) is 3.35. The molecule has 18 heavy (non-hydrogen) atoms. The molecule has 0 radical (unpaired) electrons. The molecule has 0 fully saturated rings. The van der Waals surface area contributed by atoms with Crippen LogP contribution in [-0.2, 0) is 6.42 Å². The van der Waals surface area contributed by atoms with E-state index >= 15 is 0 Å². The Labute approximate surface area is 111 Å². The summed E-state index contributed by atoms with van der Waals surface area (Å²) in [6.07, 6.45) is 6.75. The van der Waals surface area contributed by atoms with Crippen molar-refractivity contribution in [1.29, 1.82) is 0 Å². The Morgan fingerprint density at radius 2 is 2.00 bits per heavy atom. The van der Waals surface area contributed by atoms with Crippen molar-refractivity contribution < 1.29 is 5.11 Å². The molecule has 0 saturated heterocycles. The summed E-state index contributed by atoms with van der Waals surface area (Å²) in [6, 6.07) is 8.66. The van der Waals surface area contributed by atoms with Gasteiger partial charge < -0.3 is 5.11 Å². The smallest absolute Gasteiger partial charge is 0.0608 e. The topological polar surface area (TPSA) is 20.2 Å². The number of aliphatic hydroxyl groups excluding tert-OH is 1. The second-order valence-electron chi connectivity index (χ2n) is 6.09. The molecule has 1 aromatic rings. The van der Waals surface area contributed by atoms with Gasteiger partial charge >= 0.3 is 0 Å². The molecular formula is C17H26O. The second kappa shape index (κ2) is 6.38. The fraction of sp³-hybridized carbons (Fsp3) is 0.647. The lowest BCUT2D eigenvalue weighted by Gasteiger charge is -2.29. The van der Waals surface area contributed by atoms with Crippen molar-refractivity contribution in [3.63, 3.8) is 0 Å². The Morgan fingerprint density at radius 1 is 1.22 bits per heavy atom. The molecule has 2 rings (SSSR count). The lowest BCUT2D eigenvalue weighted by atomic mass is 9.78. The van der Waals surface area contributed by atoms with Gasteiger partial charge in [-0.3, -0.25) is 0 Å². The maximum atomic E-state index is 10.4. The van der Waals surface area contributed by atoms with E-state index in [1.54, 1.807) is 0 Å². The predicted molar refractivity (Wildman–Crippen MR) is 76.8 cm³/mol. The summed E-state index contributed by atoms with van der Waals surface area (Å²) in [7, 11) is 0. The van der Waals surface area contributed by atoms with Crippen LogP contribution in [0.25, 0.3) is 0 Å². The first-order valence-corrected chi connectivity index (χ1v) is 7.44. The van der Waals surface area contributed by atoms with Crippen molar-refractivity contribution in [2.45, 2.75) is 64.4 Å². The second-order valence-corrected chi connectivity index (χ2v) is 6.09. The zero-order chi connectivity index (χ0) is 13.0. The Bertz CT molecular complexity index is 370. The lowest BCUT2D eigenvalue weighted by molar-refractivity contribution is 0.121. The van der Waals surface area contributed by atoms with Crippen molar-refractivity contribution >= 4 is 0 Å². The monoisotopic (exact) mass is 246 g/mol. The highest BCUT2D eigenvalue weighted by Gasteiger charge is 2.25. The van der Waals surface area contributed by atoms with Gasteiger partial charge in [-0.05, 0) is 42.7 Å². The number of aliphatic hydroxyl groups is 1. The van der Waals surface area contributed by atoms with Gasteiger partial charge in [0, 0.05) is 5.92 Å². The van der Waals surface area contributed by atoms with Crippen LogP contribution in [0.3, 0.4) is 0 Å². The highest BCUT2D eigenvalue weighted by atomic mass is 16.3. The maximum absolute atomic E-state index is 10.4. The summed E-state index contributed by atoms with van der Waals surface area (Å²) < 4.78 is 0. The molecule has 0 spiro atoms. The molecule has 1 aromatic carbocycles. The quantitative estimate of drug-likeness (QED) is 0.821. The molecule has 0 aromatic heterocycles. The first kappa shape index (κ1) is 13.6. The van der Waals surface area contributed by atoms with Gasteiger partial charge in [0.05, 0.1) is 6.10 Å². The van der Waals surface area contributed by atoms with Crippen LogP contribution < -0.4 is 0 Å². The molecule has 0 aliphatic heterocycles. The molecular weight excluding hydrogens is 220 g/mol. The van der Waals surface area contributed by atoms with Crippen molar-refractivity contribution in [3.8, 4) is 0 Å². The first-order valence-electron chi connectivity index (χ1n) is 7.44.